The fourth-order valence-electron chi connectivity index (χ4n) is 2.64. The lowest BCUT2D eigenvalue weighted by Crippen LogP contribution is -2.38. The molecule has 0 saturated heterocycles. The minimum Gasteiger partial charge on any atom is -0.425 e. The third-order valence-electron chi connectivity index (χ3n) is 4.10. The van der Waals surface area contributed by atoms with Crippen LogP contribution in [0.4, 0.5) is 0 Å². The van der Waals surface area contributed by atoms with Gasteiger partial charge in [0.2, 0.25) is 21.8 Å². The summed E-state index contributed by atoms with van der Waals surface area (Å²) < 4.78 is 32.1. The first-order valence-corrected chi connectivity index (χ1v) is 10.2. The summed E-state index contributed by atoms with van der Waals surface area (Å²) in [7, 11) is -3.67. The number of carbonyl (C=O) groups excluding carboxylic acids is 2. The summed E-state index contributed by atoms with van der Waals surface area (Å²) in [5.41, 5.74) is 0.593. The van der Waals surface area contributed by atoms with Crippen molar-refractivity contribution in [3.8, 4) is 0 Å². The number of carbonyl (C=O) groups is 2. The van der Waals surface area contributed by atoms with Crippen molar-refractivity contribution in [2.75, 3.05) is 18.8 Å². The molecule has 0 saturated carbocycles. The van der Waals surface area contributed by atoms with Gasteiger partial charge in [0.25, 0.3) is 11.8 Å². The summed E-state index contributed by atoms with van der Waals surface area (Å²) in [6.45, 7) is 3.71. The van der Waals surface area contributed by atoms with Crippen molar-refractivity contribution in [3.63, 3.8) is 0 Å². The molecule has 1 aromatic carbocycles. The van der Waals surface area contributed by atoms with Crippen molar-refractivity contribution in [2.24, 2.45) is 0 Å². The highest BCUT2D eigenvalue weighted by Crippen LogP contribution is 2.22. The molecule has 0 atom stereocenters. The number of aromatic nitrogens is 2. The molecule has 0 radical (unpaired) electrons. The van der Waals surface area contributed by atoms with Crippen LogP contribution in [-0.4, -0.2) is 54.2 Å². The van der Waals surface area contributed by atoms with E-state index in [0.717, 1.165) is 4.90 Å². The molecule has 2 amide bonds. The smallest absolute Gasteiger partial charge is 0.261 e. The van der Waals surface area contributed by atoms with Crippen LogP contribution < -0.4 is 4.72 Å². The summed E-state index contributed by atoms with van der Waals surface area (Å²) in [6, 6.07) is 6.43. The van der Waals surface area contributed by atoms with Crippen molar-refractivity contribution in [1.29, 1.82) is 0 Å². The minimum atomic E-state index is -3.67. The van der Waals surface area contributed by atoms with E-state index in [1.807, 2.05) is 13.8 Å². The highest BCUT2D eigenvalue weighted by atomic mass is 32.2. The fraction of sp³-hybridized carbons (Fsp3) is 0.412. The standard InChI is InChI=1S/C17H20N4O5S/c1-11(2)15-20-19-14(26-15)7-8-18-27(24,25)10-9-21-16(22)12-5-3-4-6-13(12)17(21)23/h3-6,11,18H,7-10H2,1-2H3. The molecule has 1 aliphatic rings. The van der Waals surface area contributed by atoms with Crippen LogP contribution in [0.2, 0.25) is 0 Å². The first kappa shape index (κ1) is 19.2. The average molecular weight is 392 g/mol. The van der Waals surface area contributed by atoms with Crippen LogP contribution in [0.1, 0.15) is 52.3 Å². The average Bonchev–Trinajstić information content (AvgIpc) is 3.18. The number of rotatable bonds is 8. The number of hydrogen-bond donors (Lipinski definition) is 1. The van der Waals surface area contributed by atoms with Crippen LogP contribution >= 0.6 is 0 Å². The fourth-order valence-corrected chi connectivity index (χ4v) is 3.62. The van der Waals surface area contributed by atoms with Gasteiger partial charge in [0.15, 0.2) is 0 Å². The molecule has 27 heavy (non-hydrogen) atoms. The maximum atomic E-state index is 12.2. The Kier molecular flexibility index (Phi) is 5.38. The second-order valence-electron chi connectivity index (χ2n) is 6.46. The lowest BCUT2D eigenvalue weighted by molar-refractivity contribution is 0.0664. The Hall–Kier alpha value is -2.59. The molecule has 0 unspecified atom stereocenters. The molecule has 0 bridgehead atoms. The Morgan fingerprint density at radius 1 is 1.11 bits per heavy atom. The number of imide groups is 1. The molecule has 2 aromatic rings. The maximum absolute atomic E-state index is 12.2. The number of sulfonamides is 1. The van der Waals surface area contributed by atoms with Crippen LogP contribution in [0.25, 0.3) is 0 Å². The zero-order valence-corrected chi connectivity index (χ0v) is 15.8. The highest BCUT2D eigenvalue weighted by molar-refractivity contribution is 7.89. The van der Waals surface area contributed by atoms with Gasteiger partial charge in [-0.2, -0.15) is 0 Å². The van der Waals surface area contributed by atoms with E-state index < -0.39 is 21.8 Å². The molecule has 9 nitrogen and oxygen atoms in total. The second kappa shape index (κ2) is 7.57. The Morgan fingerprint density at radius 2 is 1.74 bits per heavy atom. The molecule has 2 heterocycles. The van der Waals surface area contributed by atoms with Crippen LogP contribution in [0, 0.1) is 0 Å². The van der Waals surface area contributed by atoms with Crippen molar-refractivity contribution in [3.05, 3.63) is 47.2 Å². The highest BCUT2D eigenvalue weighted by Gasteiger charge is 2.35. The molecule has 3 rings (SSSR count). The van der Waals surface area contributed by atoms with Gasteiger partial charge in [-0.15, -0.1) is 10.2 Å². The van der Waals surface area contributed by atoms with Crippen LogP contribution in [0.3, 0.4) is 0 Å². The zero-order chi connectivity index (χ0) is 19.6. The third-order valence-corrected chi connectivity index (χ3v) is 5.46. The second-order valence-corrected chi connectivity index (χ2v) is 8.39. The zero-order valence-electron chi connectivity index (χ0n) is 15.0. The van der Waals surface area contributed by atoms with E-state index in [2.05, 4.69) is 14.9 Å². The molecule has 1 aromatic heterocycles. The lowest BCUT2D eigenvalue weighted by atomic mass is 10.1. The topological polar surface area (TPSA) is 122 Å². The van der Waals surface area contributed by atoms with Gasteiger partial charge in [-0.05, 0) is 12.1 Å². The van der Waals surface area contributed by atoms with E-state index in [1.54, 1.807) is 24.3 Å². The number of nitrogens with zero attached hydrogens (tertiary/aromatic N) is 3. The normalized spacial score (nSPS) is 14.3. The number of nitrogens with one attached hydrogen (secondary N) is 1. The Balaban J connectivity index is 1.52. The number of fused-ring (bicyclic) bond motifs is 1. The van der Waals surface area contributed by atoms with Gasteiger partial charge in [0.1, 0.15) is 0 Å². The van der Waals surface area contributed by atoms with E-state index in [4.69, 9.17) is 4.42 Å². The monoisotopic (exact) mass is 392 g/mol. The van der Waals surface area contributed by atoms with E-state index in [-0.39, 0.29) is 31.2 Å². The first-order chi connectivity index (χ1) is 12.8. The van der Waals surface area contributed by atoms with Gasteiger partial charge in [0, 0.05) is 25.4 Å². The van der Waals surface area contributed by atoms with E-state index >= 15 is 0 Å². The quantitative estimate of drug-likeness (QED) is 0.664. The summed E-state index contributed by atoms with van der Waals surface area (Å²) in [5, 5.41) is 7.74. The Labute approximate surface area is 156 Å². The predicted octanol–water partition coefficient (Wildman–Crippen LogP) is 0.951. The summed E-state index contributed by atoms with van der Waals surface area (Å²) in [4.78, 5) is 25.4. The van der Waals surface area contributed by atoms with E-state index in [1.165, 1.54) is 0 Å². The first-order valence-electron chi connectivity index (χ1n) is 8.53. The number of hydrogen-bond acceptors (Lipinski definition) is 7. The third kappa shape index (κ3) is 4.22. The molecule has 1 N–H and O–H groups in total. The predicted molar refractivity (Wildman–Crippen MR) is 95.7 cm³/mol. The molecule has 0 fully saturated rings. The van der Waals surface area contributed by atoms with Crippen LogP contribution in [0.5, 0.6) is 0 Å². The van der Waals surface area contributed by atoms with Gasteiger partial charge < -0.3 is 4.42 Å². The van der Waals surface area contributed by atoms with Gasteiger partial charge in [-0.25, -0.2) is 13.1 Å². The molecule has 1 aliphatic heterocycles. The maximum Gasteiger partial charge on any atom is 0.261 e. The van der Waals surface area contributed by atoms with Gasteiger partial charge >= 0.3 is 0 Å². The largest absolute Gasteiger partial charge is 0.425 e. The molecule has 144 valence electrons. The van der Waals surface area contributed by atoms with Crippen molar-refractivity contribution >= 4 is 21.8 Å². The molecule has 10 heteroatoms. The van der Waals surface area contributed by atoms with Crippen LogP contribution in [-0.2, 0) is 16.4 Å². The van der Waals surface area contributed by atoms with Gasteiger partial charge in [0.05, 0.1) is 16.9 Å². The van der Waals surface area contributed by atoms with Crippen molar-refractivity contribution < 1.29 is 22.4 Å². The Morgan fingerprint density at radius 3 is 2.30 bits per heavy atom. The SMILES string of the molecule is CC(C)c1nnc(CCNS(=O)(=O)CCN2C(=O)c3ccccc3C2=O)o1. The van der Waals surface area contributed by atoms with E-state index in [9.17, 15) is 18.0 Å². The number of benzene rings is 1. The molecule has 0 spiro atoms. The van der Waals surface area contributed by atoms with E-state index in [0.29, 0.717) is 22.9 Å². The lowest BCUT2D eigenvalue weighted by Gasteiger charge is -2.14. The Bertz CT molecular complexity index is 932. The molecular weight excluding hydrogens is 372 g/mol. The summed E-state index contributed by atoms with van der Waals surface area (Å²) >= 11 is 0. The van der Waals surface area contributed by atoms with Gasteiger partial charge in [-0.1, -0.05) is 26.0 Å². The molecule has 0 aliphatic carbocycles. The summed E-state index contributed by atoms with van der Waals surface area (Å²) in [5.74, 6) is -0.377. The summed E-state index contributed by atoms with van der Waals surface area (Å²) in [6.07, 6.45) is 0.256. The minimum absolute atomic E-state index is 0.0875. The van der Waals surface area contributed by atoms with Crippen molar-refractivity contribution in [1.82, 2.24) is 19.8 Å². The van der Waals surface area contributed by atoms with Crippen molar-refractivity contribution in [2.45, 2.75) is 26.2 Å². The van der Waals surface area contributed by atoms with Crippen LogP contribution in [0.15, 0.2) is 28.7 Å². The molecular formula is C17H20N4O5S. The van der Waals surface area contributed by atoms with Gasteiger partial charge in [-0.3, -0.25) is 14.5 Å². The number of amides is 2.